The first-order valence-electron chi connectivity index (χ1n) is 6.90. The van der Waals surface area contributed by atoms with E-state index in [1.54, 1.807) is 0 Å². The molecule has 2 N–H and O–H groups in total. The maximum Gasteiger partial charge on any atom is 0.230 e. The van der Waals surface area contributed by atoms with Gasteiger partial charge in [0.1, 0.15) is 5.60 Å². The third-order valence-corrected chi connectivity index (χ3v) is 3.71. The van der Waals surface area contributed by atoms with Gasteiger partial charge in [-0.25, -0.2) is 0 Å². The zero-order valence-electron chi connectivity index (χ0n) is 11.3. The Bertz CT molecular complexity index is 367. The Morgan fingerprint density at radius 1 is 1.39 bits per heavy atom. The predicted octanol–water partition coefficient (Wildman–Crippen LogP) is 2.33. The number of ether oxygens (including phenoxy) is 1. The second-order valence-electron chi connectivity index (χ2n) is 5.08. The van der Waals surface area contributed by atoms with Crippen LogP contribution in [0.2, 0.25) is 0 Å². The van der Waals surface area contributed by atoms with E-state index < -0.39 is 0 Å². The van der Waals surface area contributed by atoms with Crippen LogP contribution in [-0.4, -0.2) is 23.3 Å². The Morgan fingerprint density at radius 3 is 2.72 bits per heavy atom. The fraction of sp³-hybridized carbons (Fsp3) is 0.846. The molecule has 1 atom stereocenters. The number of hydrogen-bond acceptors (Lipinski definition) is 5. The normalized spacial score (nSPS) is 20.8. The Labute approximate surface area is 108 Å². The molecular weight excluding hydrogens is 230 g/mol. The van der Waals surface area contributed by atoms with Gasteiger partial charge < -0.3 is 15.0 Å². The molecule has 1 fully saturated rings. The molecule has 1 saturated carbocycles. The van der Waals surface area contributed by atoms with Crippen molar-refractivity contribution in [3.05, 3.63) is 11.7 Å². The number of hydrogen-bond donors (Lipinski definition) is 1. The van der Waals surface area contributed by atoms with Gasteiger partial charge in [-0.2, -0.15) is 4.98 Å². The van der Waals surface area contributed by atoms with E-state index in [1.165, 1.54) is 6.42 Å². The van der Waals surface area contributed by atoms with Gasteiger partial charge >= 0.3 is 0 Å². The molecule has 2 rings (SSSR count). The van der Waals surface area contributed by atoms with Crippen molar-refractivity contribution in [1.29, 1.82) is 0 Å². The van der Waals surface area contributed by atoms with Crippen LogP contribution in [0.25, 0.3) is 0 Å². The van der Waals surface area contributed by atoms with Crippen molar-refractivity contribution in [3.8, 4) is 0 Å². The van der Waals surface area contributed by atoms with Crippen LogP contribution in [-0.2, 0) is 10.3 Å². The highest BCUT2D eigenvalue weighted by atomic mass is 16.5. The molecule has 1 heterocycles. The van der Waals surface area contributed by atoms with Gasteiger partial charge in [-0.15, -0.1) is 0 Å². The summed E-state index contributed by atoms with van der Waals surface area (Å²) >= 11 is 0. The Balaban J connectivity index is 2.22. The third kappa shape index (κ3) is 2.57. The number of rotatable bonds is 5. The lowest BCUT2D eigenvalue weighted by molar-refractivity contribution is -0.0777. The van der Waals surface area contributed by atoms with E-state index in [0.717, 1.165) is 25.7 Å². The highest BCUT2D eigenvalue weighted by Gasteiger charge is 2.39. The summed E-state index contributed by atoms with van der Waals surface area (Å²) in [5, 5.41) is 4.13. The lowest BCUT2D eigenvalue weighted by Crippen LogP contribution is -2.33. The van der Waals surface area contributed by atoms with Crippen LogP contribution in [0, 0.1) is 0 Å². The fourth-order valence-electron chi connectivity index (χ4n) is 2.55. The van der Waals surface area contributed by atoms with Crippen molar-refractivity contribution < 1.29 is 9.26 Å². The van der Waals surface area contributed by atoms with Crippen molar-refractivity contribution in [2.75, 3.05) is 13.2 Å². The van der Waals surface area contributed by atoms with Gasteiger partial charge in [-0.05, 0) is 19.8 Å². The quantitative estimate of drug-likeness (QED) is 0.871. The summed E-state index contributed by atoms with van der Waals surface area (Å²) in [4.78, 5) is 4.51. The Morgan fingerprint density at radius 2 is 2.11 bits per heavy atom. The molecule has 102 valence electrons. The van der Waals surface area contributed by atoms with E-state index in [1.807, 2.05) is 13.8 Å². The van der Waals surface area contributed by atoms with Gasteiger partial charge in [0.2, 0.25) is 11.7 Å². The minimum Gasteiger partial charge on any atom is -0.367 e. The first kappa shape index (κ1) is 13.5. The second kappa shape index (κ2) is 5.80. The summed E-state index contributed by atoms with van der Waals surface area (Å²) in [5.41, 5.74) is 5.29. The van der Waals surface area contributed by atoms with E-state index in [0.29, 0.717) is 24.9 Å². The lowest BCUT2D eigenvalue weighted by Gasteiger charge is -2.33. The third-order valence-electron chi connectivity index (χ3n) is 3.71. The zero-order valence-corrected chi connectivity index (χ0v) is 11.3. The minimum atomic E-state index is -0.330. The molecule has 0 bridgehead atoms. The van der Waals surface area contributed by atoms with Crippen LogP contribution < -0.4 is 5.73 Å². The van der Waals surface area contributed by atoms with Gasteiger partial charge in [-0.1, -0.05) is 31.3 Å². The van der Waals surface area contributed by atoms with Crippen molar-refractivity contribution in [2.45, 2.75) is 57.5 Å². The number of nitrogens with two attached hydrogens (primary N) is 1. The Hall–Kier alpha value is -0.940. The highest BCUT2D eigenvalue weighted by molar-refractivity contribution is 5.05. The van der Waals surface area contributed by atoms with E-state index in [-0.39, 0.29) is 11.5 Å². The van der Waals surface area contributed by atoms with E-state index in [9.17, 15) is 0 Å². The van der Waals surface area contributed by atoms with Crippen molar-refractivity contribution in [1.82, 2.24) is 10.1 Å². The van der Waals surface area contributed by atoms with Gasteiger partial charge in [0, 0.05) is 19.1 Å². The van der Waals surface area contributed by atoms with Crippen molar-refractivity contribution >= 4 is 0 Å². The molecule has 5 nitrogen and oxygen atoms in total. The number of nitrogens with zero attached hydrogens (tertiary/aromatic N) is 2. The van der Waals surface area contributed by atoms with Gasteiger partial charge in [0.25, 0.3) is 0 Å². The first-order valence-corrected chi connectivity index (χ1v) is 6.90. The maximum atomic E-state index is 5.97. The van der Waals surface area contributed by atoms with Crippen molar-refractivity contribution in [3.63, 3.8) is 0 Å². The molecule has 0 amide bonds. The maximum absolute atomic E-state index is 5.97. The summed E-state index contributed by atoms with van der Waals surface area (Å²) < 4.78 is 11.3. The predicted molar refractivity (Wildman–Crippen MR) is 68.2 cm³/mol. The topological polar surface area (TPSA) is 74.2 Å². The molecule has 1 aromatic heterocycles. The summed E-state index contributed by atoms with van der Waals surface area (Å²) in [7, 11) is 0. The van der Waals surface area contributed by atoms with Gasteiger partial charge in [-0.3, -0.25) is 0 Å². The first-order chi connectivity index (χ1) is 8.72. The molecule has 0 saturated heterocycles. The highest BCUT2D eigenvalue weighted by Crippen LogP contribution is 2.39. The number of aromatic nitrogens is 2. The lowest BCUT2D eigenvalue weighted by atomic mass is 9.84. The van der Waals surface area contributed by atoms with Gasteiger partial charge in [0.15, 0.2) is 0 Å². The van der Waals surface area contributed by atoms with Gasteiger partial charge in [0.05, 0.1) is 0 Å². The average Bonchev–Trinajstić information content (AvgIpc) is 2.89. The molecule has 18 heavy (non-hydrogen) atoms. The standard InChI is InChI=1S/C13H23N3O2/c1-3-17-13(7-5-4-6-8-13)12-15-11(18-16-12)10(2)9-14/h10H,3-9,14H2,1-2H3. The van der Waals surface area contributed by atoms with Crippen LogP contribution in [0.15, 0.2) is 4.52 Å². The molecule has 1 unspecified atom stereocenters. The molecule has 0 radical (unpaired) electrons. The van der Waals surface area contributed by atoms with Crippen LogP contribution in [0.1, 0.15) is 63.6 Å². The molecule has 5 heteroatoms. The molecule has 0 aliphatic heterocycles. The summed E-state index contributed by atoms with van der Waals surface area (Å²) in [6, 6.07) is 0. The van der Waals surface area contributed by atoms with E-state index >= 15 is 0 Å². The zero-order chi connectivity index (χ0) is 13.0. The van der Waals surface area contributed by atoms with Crippen molar-refractivity contribution in [2.24, 2.45) is 5.73 Å². The molecule has 0 spiro atoms. The van der Waals surface area contributed by atoms with E-state index in [4.69, 9.17) is 15.0 Å². The molecule has 1 aliphatic rings. The minimum absolute atomic E-state index is 0.105. The van der Waals surface area contributed by atoms with Crippen LogP contribution >= 0.6 is 0 Å². The summed E-state index contributed by atoms with van der Waals surface area (Å²) in [6.45, 7) is 5.20. The van der Waals surface area contributed by atoms with Crippen LogP contribution in [0.5, 0.6) is 0 Å². The average molecular weight is 253 g/mol. The smallest absolute Gasteiger partial charge is 0.230 e. The molecule has 0 aromatic carbocycles. The SMILES string of the molecule is CCOC1(c2noc(C(C)CN)n2)CCCCC1. The fourth-order valence-corrected chi connectivity index (χ4v) is 2.55. The van der Waals surface area contributed by atoms with Crippen LogP contribution in [0.3, 0.4) is 0 Å². The summed E-state index contributed by atoms with van der Waals surface area (Å²) in [5.74, 6) is 1.44. The van der Waals surface area contributed by atoms with Crippen LogP contribution in [0.4, 0.5) is 0 Å². The van der Waals surface area contributed by atoms with E-state index in [2.05, 4.69) is 10.1 Å². The largest absolute Gasteiger partial charge is 0.367 e. The second-order valence-corrected chi connectivity index (χ2v) is 5.08. The Kier molecular flexibility index (Phi) is 4.35. The summed E-state index contributed by atoms with van der Waals surface area (Å²) in [6.07, 6.45) is 5.55. The monoisotopic (exact) mass is 253 g/mol. The molecule has 1 aromatic rings. The molecule has 1 aliphatic carbocycles. The molecular formula is C13H23N3O2.